The molecule has 5 heteroatoms. The predicted octanol–water partition coefficient (Wildman–Crippen LogP) is 4.18. The lowest BCUT2D eigenvalue weighted by Crippen LogP contribution is -2.27. The van der Waals surface area contributed by atoms with Crippen molar-refractivity contribution >= 4 is 0 Å². The van der Waals surface area contributed by atoms with Gasteiger partial charge in [0.2, 0.25) is 5.92 Å². The number of hydrogen-bond acceptors (Lipinski definition) is 2. The number of aryl methyl sites for hydroxylation is 1. The molecule has 0 bridgehead atoms. The molecule has 0 unspecified atom stereocenters. The molecule has 1 aromatic rings. The third-order valence-electron chi connectivity index (χ3n) is 4.20. The molecule has 0 aromatic heterocycles. The highest BCUT2D eigenvalue weighted by molar-refractivity contribution is 5.30. The Labute approximate surface area is 130 Å². The van der Waals surface area contributed by atoms with E-state index >= 15 is 0 Å². The van der Waals surface area contributed by atoms with Crippen LogP contribution in [0.5, 0.6) is 5.75 Å². The first-order valence-electron chi connectivity index (χ1n) is 7.94. The molecule has 124 valence electrons. The topological polar surface area (TPSA) is 21.3 Å². The van der Waals surface area contributed by atoms with Gasteiger partial charge in [-0.15, -0.1) is 0 Å². The normalized spacial score (nSPS) is 18.4. The molecule has 2 nitrogen and oxygen atoms in total. The van der Waals surface area contributed by atoms with Crippen molar-refractivity contribution in [3.8, 4) is 5.75 Å². The zero-order valence-corrected chi connectivity index (χ0v) is 13.0. The Kier molecular flexibility index (Phi) is 6.12. The molecule has 0 spiro atoms. The van der Waals surface area contributed by atoms with E-state index in [2.05, 4.69) is 5.32 Å². The number of halogens is 3. The maximum atomic E-state index is 13.8. The van der Waals surface area contributed by atoms with Crippen LogP contribution in [-0.2, 0) is 6.42 Å². The maximum Gasteiger partial charge on any atom is 0.248 e. The lowest BCUT2D eigenvalue weighted by molar-refractivity contribution is -0.0499. The van der Waals surface area contributed by atoms with Gasteiger partial charge in [0.15, 0.2) is 11.6 Å². The third-order valence-corrected chi connectivity index (χ3v) is 4.20. The molecular weight excluding hydrogens is 291 g/mol. The summed E-state index contributed by atoms with van der Waals surface area (Å²) in [5.74, 6) is -2.60. The standard InChI is InChI=1S/C17H24F3NO/c1-21-10-2-3-13-4-5-15(18)16(11-13)22-12-14-6-8-17(19,20)9-7-14/h4-5,11,14,21H,2-3,6-10,12H2,1H3. The van der Waals surface area contributed by atoms with Crippen molar-refractivity contribution in [2.45, 2.75) is 44.4 Å². The second kappa shape index (κ2) is 7.86. The van der Waals surface area contributed by atoms with E-state index in [1.54, 1.807) is 12.1 Å². The largest absolute Gasteiger partial charge is 0.490 e. The van der Waals surface area contributed by atoms with Gasteiger partial charge in [-0.05, 0) is 62.9 Å². The minimum absolute atomic E-state index is 0.0897. The molecule has 0 aliphatic heterocycles. The van der Waals surface area contributed by atoms with E-state index < -0.39 is 11.7 Å². The summed E-state index contributed by atoms with van der Waals surface area (Å²) in [5, 5.41) is 3.07. The van der Waals surface area contributed by atoms with Crippen molar-refractivity contribution in [1.29, 1.82) is 0 Å². The van der Waals surface area contributed by atoms with E-state index in [1.165, 1.54) is 6.07 Å². The molecule has 0 amide bonds. The Hall–Kier alpha value is -1.23. The van der Waals surface area contributed by atoms with E-state index in [9.17, 15) is 13.2 Å². The third kappa shape index (κ3) is 5.20. The summed E-state index contributed by atoms with van der Waals surface area (Å²) in [6.07, 6.45) is 2.53. The van der Waals surface area contributed by atoms with Crippen molar-refractivity contribution in [2.24, 2.45) is 5.92 Å². The number of hydrogen-bond donors (Lipinski definition) is 1. The molecule has 0 radical (unpaired) electrons. The molecule has 22 heavy (non-hydrogen) atoms. The average Bonchev–Trinajstić information content (AvgIpc) is 2.49. The Bertz CT molecular complexity index is 469. The first-order chi connectivity index (χ1) is 10.5. The van der Waals surface area contributed by atoms with Crippen molar-refractivity contribution in [1.82, 2.24) is 5.32 Å². The van der Waals surface area contributed by atoms with Crippen LogP contribution in [0.1, 0.15) is 37.7 Å². The highest BCUT2D eigenvalue weighted by Crippen LogP contribution is 2.36. The fourth-order valence-electron chi connectivity index (χ4n) is 2.76. The fraction of sp³-hybridized carbons (Fsp3) is 0.647. The molecular formula is C17H24F3NO. The van der Waals surface area contributed by atoms with E-state index in [0.29, 0.717) is 19.4 Å². The van der Waals surface area contributed by atoms with Gasteiger partial charge in [0.05, 0.1) is 6.61 Å². The molecule has 1 N–H and O–H groups in total. The number of alkyl halides is 2. The van der Waals surface area contributed by atoms with Crippen molar-refractivity contribution in [2.75, 3.05) is 20.2 Å². The number of ether oxygens (including phenoxy) is 1. The predicted molar refractivity (Wildman–Crippen MR) is 81.0 cm³/mol. The molecule has 1 fully saturated rings. The highest BCUT2D eigenvalue weighted by Gasteiger charge is 2.35. The average molecular weight is 315 g/mol. The van der Waals surface area contributed by atoms with E-state index in [4.69, 9.17) is 4.74 Å². The van der Waals surface area contributed by atoms with Crippen molar-refractivity contribution in [3.05, 3.63) is 29.6 Å². The Balaban J connectivity index is 1.85. The molecule has 1 saturated carbocycles. The summed E-state index contributed by atoms with van der Waals surface area (Å²) >= 11 is 0. The zero-order valence-electron chi connectivity index (χ0n) is 13.0. The summed E-state index contributed by atoms with van der Waals surface area (Å²) in [6.45, 7) is 1.22. The maximum absolute atomic E-state index is 13.8. The Morgan fingerprint density at radius 3 is 2.68 bits per heavy atom. The van der Waals surface area contributed by atoms with Gasteiger partial charge in [0.1, 0.15) is 0 Å². The van der Waals surface area contributed by atoms with Gasteiger partial charge in [-0.25, -0.2) is 13.2 Å². The lowest BCUT2D eigenvalue weighted by Gasteiger charge is -2.28. The molecule has 1 aliphatic carbocycles. The highest BCUT2D eigenvalue weighted by atomic mass is 19.3. The second-order valence-corrected chi connectivity index (χ2v) is 6.08. The van der Waals surface area contributed by atoms with Gasteiger partial charge in [-0.2, -0.15) is 0 Å². The Morgan fingerprint density at radius 1 is 1.27 bits per heavy atom. The molecule has 0 saturated heterocycles. The SMILES string of the molecule is CNCCCc1ccc(F)c(OCC2CCC(F)(F)CC2)c1. The van der Waals surface area contributed by atoms with Gasteiger partial charge < -0.3 is 10.1 Å². The van der Waals surface area contributed by atoms with E-state index in [0.717, 1.165) is 24.9 Å². The van der Waals surface area contributed by atoms with Crippen LogP contribution in [0.25, 0.3) is 0 Å². The minimum atomic E-state index is -2.53. The summed E-state index contributed by atoms with van der Waals surface area (Å²) in [6, 6.07) is 4.90. The van der Waals surface area contributed by atoms with Gasteiger partial charge in [0.25, 0.3) is 0 Å². The van der Waals surface area contributed by atoms with Crippen molar-refractivity contribution < 1.29 is 17.9 Å². The summed E-state index contributed by atoms with van der Waals surface area (Å²) in [4.78, 5) is 0. The second-order valence-electron chi connectivity index (χ2n) is 6.08. The lowest BCUT2D eigenvalue weighted by atomic mass is 9.87. The minimum Gasteiger partial charge on any atom is -0.490 e. The van der Waals surface area contributed by atoms with Gasteiger partial charge in [0, 0.05) is 12.8 Å². The number of rotatable bonds is 7. The molecule has 1 aliphatic rings. The Morgan fingerprint density at radius 2 is 2.00 bits per heavy atom. The van der Waals surface area contributed by atoms with E-state index in [-0.39, 0.29) is 24.5 Å². The van der Waals surface area contributed by atoms with Gasteiger partial charge >= 0.3 is 0 Å². The van der Waals surface area contributed by atoms with Crippen LogP contribution in [0.15, 0.2) is 18.2 Å². The summed E-state index contributed by atoms with van der Waals surface area (Å²) < 4.78 is 45.5. The van der Waals surface area contributed by atoms with Crippen LogP contribution in [0.2, 0.25) is 0 Å². The van der Waals surface area contributed by atoms with Gasteiger partial charge in [-0.3, -0.25) is 0 Å². The summed E-state index contributed by atoms with van der Waals surface area (Å²) in [7, 11) is 1.90. The van der Waals surface area contributed by atoms with E-state index in [1.807, 2.05) is 7.05 Å². The van der Waals surface area contributed by atoms with Crippen LogP contribution in [-0.4, -0.2) is 26.1 Å². The first-order valence-corrected chi connectivity index (χ1v) is 7.94. The first kappa shape index (κ1) is 17.1. The van der Waals surface area contributed by atoms with Crippen LogP contribution in [0, 0.1) is 11.7 Å². The monoisotopic (exact) mass is 315 g/mol. The van der Waals surface area contributed by atoms with Crippen LogP contribution >= 0.6 is 0 Å². The molecule has 2 rings (SSSR count). The van der Waals surface area contributed by atoms with Crippen LogP contribution < -0.4 is 10.1 Å². The quantitative estimate of drug-likeness (QED) is 0.762. The van der Waals surface area contributed by atoms with Crippen molar-refractivity contribution in [3.63, 3.8) is 0 Å². The molecule has 0 heterocycles. The number of nitrogens with one attached hydrogen (secondary N) is 1. The fourth-order valence-corrected chi connectivity index (χ4v) is 2.76. The molecule has 1 aromatic carbocycles. The number of benzene rings is 1. The van der Waals surface area contributed by atoms with Gasteiger partial charge in [-0.1, -0.05) is 6.07 Å². The van der Waals surface area contributed by atoms with Crippen LogP contribution in [0.4, 0.5) is 13.2 Å². The zero-order chi connectivity index (χ0) is 16.0. The summed E-state index contributed by atoms with van der Waals surface area (Å²) in [5.41, 5.74) is 1.03. The molecule has 0 atom stereocenters. The van der Waals surface area contributed by atoms with Crippen LogP contribution in [0.3, 0.4) is 0 Å². The smallest absolute Gasteiger partial charge is 0.248 e.